The second kappa shape index (κ2) is 11.3. The molecule has 0 fully saturated rings. The van der Waals surface area contributed by atoms with Gasteiger partial charge in [-0.05, 0) is 42.3 Å². The van der Waals surface area contributed by atoms with E-state index in [-0.39, 0.29) is 11.7 Å². The first-order valence-electron chi connectivity index (χ1n) is 9.80. The fraction of sp³-hybridized carbons (Fsp3) is 0.364. The zero-order valence-corrected chi connectivity index (χ0v) is 19.4. The van der Waals surface area contributed by atoms with Crippen LogP contribution < -0.4 is 14.8 Å². The van der Waals surface area contributed by atoms with Crippen molar-refractivity contribution in [2.24, 2.45) is 0 Å². The molecule has 3 rings (SSSR count). The van der Waals surface area contributed by atoms with Gasteiger partial charge in [0, 0.05) is 25.2 Å². The molecule has 0 aliphatic carbocycles. The maximum absolute atomic E-state index is 12.4. The van der Waals surface area contributed by atoms with E-state index in [9.17, 15) is 4.79 Å². The van der Waals surface area contributed by atoms with Crippen molar-refractivity contribution in [3.8, 4) is 11.5 Å². The zero-order valence-electron chi connectivity index (χ0n) is 17.8. The molecule has 3 aromatic rings. The Morgan fingerprint density at radius 2 is 1.94 bits per heavy atom. The van der Waals surface area contributed by atoms with E-state index in [0.717, 1.165) is 21.8 Å². The van der Waals surface area contributed by atoms with Crippen molar-refractivity contribution in [2.75, 3.05) is 40.2 Å². The van der Waals surface area contributed by atoms with Crippen molar-refractivity contribution in [3.05, 3.63) is 47.0 Å². The molecule has 1 amide bonds. The molecule has 0 aliphatic rings. The fourth-order valence-electron chi connectivity index (χ4n) is 3.15. The highest BCUT2D eigenvalue weighted by Crippen LogP contribution is 2.28. The number of fused-ring (bicyclic) bond motifs is 1. The SMILES string of the molecule is COCCn1c(SCC(=O)NCCc2ccc(OC)c(OC)c2)nc2cc(Cl)ccc21. The average molecular weight is 464 g/mol. The van der Waals surface area contributed by atoms with Gasteiger partial charge >= 0.3 is 0 Å². The largest absolute Gasteiger partial charge is 0.493 e. The summed E-state index contributed by atoms with van der Waals surface area (Å²) in [6, 6.07) is 11.3. The van der Waals surface area contributed by atoms with E-state index in [0.29, 0.717) is 42.6 Å². The van der Waals surface area contributed by atoms with Crippen LogP contribution in [0.3, 0.4) is 0 Å². The standard InChI is InChI=1S/C22H26ClN3O4S/c1-28-11-10-26-18-6-5-16(23)13-17(18)25-22(26)31-14-21(27)24-9-8-15-4-7-19(29-2)20(12-15)30-3/h4-7,12-13H,8-11,14H2,1-3H3,(H,24,27). The van der Waals surface area contributed by atoms with Gasteiger partial charge in [0.25, 0.3) is 0 Å². The topological polar surface area (TPSA) is 74.6 Å². The number of carbonyl (C=O) groups excluding carboxylic acids is 1. The summed E-state index contributed by atoms with van der Waals surface area (Å²) in [5.41, 5.74) is 2.83. The van der Waals surface area contributed by atoms with Crippen molar-refractivity contribution in [1.29, 1.82) is 0 Å². The molecule has 0 bridgehead atoms. The van der Waals surface area contributed by atoms with E-state index in [4.69, 9.17) is 25.8 Å². The highest BCUT2D eigenvalue weighted by molar-refractivity contribution is 7.99. The van der Waals surface area contributed by atoms with Crippen molar-refractivity contribution >= 4 is 40.3 Å². The molecule has 9 heteroatoms. The van der Waals surface area contributed by atoms with Gasteiger partial charge in [-0.15, -0.1) is 0 Å². The number of carbonyl (C=O) groups is 1. The molecule has 0 spiro atoms. The minimum absolute atomic E-state index is 0.0474. The van der Waals surface area contributed by atoms with Gasteiger partial charge in [-0.1, -0.05) is 29.4 Å². The first-order valence-corrected chi connectivity index (χ1v) is 11.2. The van der Waals surface area contributed by atoms with Gasteiger partial charge in [-0.2, -0.15) is 0 Å². The zero-order chi connectivity index (χ0) is 22.2. The van der Waals surface area contributed by atoms with Crippen LogP contribution in [0.2, 0.25) is 5.02 Å². The minimum Gasteiger partial charge on any atom is -0.493 e. The number of amides is 1. The van der Waals surface area contributed by atoms with Gasteiger partial charge in [0.15, 0.2) is 16.7 Å². The summed E-state index contributed by atoms with van der Waals surface area (Å²) in [7, 11) is 4.87. The van der Waals surface area contributed by atoms with E-state index < -0.39 is 0 Å². The number of hydrogen-bond donors (Lipinski definition) is 1. The van der Waals surface area contributed by atoms with Crippen LogP contribution in [0.15, 0.2) is 41.6 Å². The third-order valence-electron chi connectivity index (χ3n) is 4.71. The number of imidazole rings is 1. The normalized spacial score (nSPS) is 11.0. The number of benzene rings is 2. The monoisotopic (exact) mass is 463 g/mol. The van der Waals surface area contributed by atoms with Gasteiger partial charge < -0.3 is 24.1 Å². The maximum atomic E-state index is 12.4. The Hall–Kier alpha value is -2.42. The van der Waals surface area contributed by atoms with Crippen LogP contribution in [0.5, 0.6) is 11.5 Å². The number of thioether (sulfide) groups is 1. The second-order valence-corrected chi connectivity index (χ2v) is 8.13. The third-order valence-corrected chi connectivity index (χ3v) is 5.92. The second-order valence-electron chi connectivity index (χ2n) is 6.75. The van der Waals surface area contributed by atoms with Crippen LogP contribution >= 0.6 is 23.4 Å². The lowest BCUT2D eigenvalue weighted by Gasteiger charge is -2.10. The Morgan fingerprint density at radius 1 is 1.13 bits per heavy atom. The van der Waals surface area contributed by atoms with Crippen LogP contribution in [0.4, 0.5) is 0 Å². The summed E-state index contributed by atoms with van der Waals surface area (Å²) in [5, 5.41) is 4.36. The first-order chi connectivity index (χ1) is 15.0. The van der Waals surface area contributed by atoms with E-state index >= 15 is 0 Å². The lowest BCUT2D eigenvalue weighted by molar-refractivity contribution is -0.118. The number of halogens is 1. The molecular formula is C22H26ClN3O4S. The maximum Gasteiger partial charge on any atom is 0.230 e. The number of nitrogens with zero attached hydrogens (tertiary/aromatic N) is 2. The molecule has 0 radical (unpaired) electrons. The molecule has 0 unspecified atom stereocenters. The predicted molar refractivity (Wildman–Crippen MR) is 124 cm³/mol. The van der Waals surface area contributed by atoms with Gasteiger partial charge in [-0.3, -0.25) is 4.79 Å². The molecule has 0 saturated carbocycles. The van der Waals surface area contributed by atoms with Crippen LogP contribution in [-0.2, 0) is 22.5 Å². The Balaban J connectivity index is 1.56. The molecule has 1 heterocycles. The smallest absolute Gasteiger partial charge is 0.230 e. The first kappa shape index (κ1) is 23.2. The van der Waals surface area contributed by atoms with Crippen LogP contribution in [0.25, 0.3) is 11.0 Å². The molecule has 1 aromatic heterocycles. The summed E-state index contributed by atoms with van der Waals surface area (Å²) in [5.74, 6) is 1.59. The summed E-state index contributed by atoms with van der Waals surface area (Å²) >= 11 is 7.50. The Labute approximate surface area is 191 Å². The lowest BCUT2D eigenvalue weighted by Crippen LogP contribution is -2.27. The molecule has 0 saturated heterocycles. The van der Waals surface area contributed by atoms with E-state index in [1.54, 1.807) is 21.3 Å². The van der Waals surface area contributed by atoms with E-state index in [1.807, 2.05) is 36.4 Å². The van der Waals surface area contributed by atoms with Crippen molar-refractivity contribution < 1.29 is 19.0 Å². The molecule has 1 N–H and O–H groups in total. The summed E-state index contributed by atoms with van der Waals surface area (Å²) in [6.45, 7) is 1.74. The van der Waals surface area contributed by atoms with Gasteiger partial charge in [0.2, 0.25) is 5.91 Å². The quantitative estimate of drug-likeness (QED) is 0.436. The van der Waals surface area contributed by atoms with Crippen LogP contribution in [-0.4, -0.2) is 55.7 Å². The van der Waals surface area contributed by atoms with Crippen LogP contribution in [0, 0.1) is 0 Å². The number of nitrogens with one attached hydrogen (secondary N) is 1. The average Bonchev–Trinajstić information content (AvgIpc) is 3.12. The van der Waals surface area contributed by atoms with Crippen molar-refractivity contribution in [2.45, 2.75) is 18.1 Å². The number of methoxy groups -OCH3 is 3. The Morgan fingerprint density at radius 3 is 2.68 bits per heavy atom. The third kappa shape index (κ3) is 6.06. The fourth-order valence-corrected chi connectivity index (χ4v) is 4.19. The van der Waals surface area contributed by atoms with Gasteiger partial charge in [0.05, 0.1) is 37.6 Å². The van der Waals surface area contributed by atoms with Gasteiger partial charge in [0.1, 0.15) is 0 Å². The summed E-state index contributed by atoms with van der Waals surface area (Å²) in [4.78, 5) is 17.0. The molecule has 31 heavy (non-hydrogen) atoms. The van der Waals surface area contributed by atoms with Gasteiger partial charge in [-0.25, -0.2) is 4.98 Å². The number of aromatic nitrogens is 2. The predicted octanol–water partition coefficient (Wildman–Crippen LogP) is 3.80. The summed E-state index contributed by atoms with van der Waals surface area (Å²) < 4.78 is 17.8. The number of ether oxygens (including phenoxy) is 3. The molecule has 0 aliphatic heterocycles. The van der Waals surface area contributed by atoms with Crippen molar-refractivity contribution in [3.63, 3.8) is 0 Å². The lowest BCUT2D eigenvalue weighted by atomic mass is 10.1. The number of rotatable bonds is 11. The highest BCUT2D eigenvalue weighted by Gasteiger charge is 2.13. The van der Waals surface area contributed by atoms with Crippen LogP contribution in [0.1, 0.15) is 5.56 Å². The minimum atomic E-state index is -0.0474. The Kier molecular flexibility index (Phi) is 8.45. The molecule has 166 valence electrons. The molecular weight excluding hydrogens is 438 g/mol. The molecule has 7 nitrogen and oxygen atoms in total. The number of hydrogen-bond acceptors (Lipinski definition) is 6. The van der Waals surface area contributed by atoms with E-state index in [1.165, 1.54) is 11.8 Å². The molecule has 0 atom stereocenters. The Bertz CT molecular complexity index is 1040. The van der Waals surface area contributed by atoms with E-state index in [2.05, 4.69) is 14.9 Å². The molecule has 2 aromatic carbocycles. The highest BCUT2D eigenvalue weighted by atomic mass is 35.5. The van der Waals surface area contributed by atoms with Crippen molar-refractivity contribution in [1.82, 2.24) is 14.9 Å². The summed E-state index contributed by atoms with van der Waals surface area (Å²) in [6.07, 6.45) is 0.696.